The van der Waals surface area contributed by atoms with Gasteiger partial charge in [-0.1, -0.05) is 24.7 Å². The molecular formula is C8H15N3S2. The summed E-state index contributed by atoms with van der Waals surface area (Å²) in [5, 5.41) is 11.0. The number of anilines is 1. The van der Waals surface area contributed by atoms with Crippen LogP contribution in [0.25, 0.3) is 0 Å². The summed E-state index contributed by atoms with van der Waals surface area (Å²) in [5.41, 5.74) is 0.0994. The summed E-state index contributed by atoms with van der Waals surface area (Å²) in [6.07, 6.45) is 2.29. The molecule has 0 saturated carbocycles. The molecule has 74 valence electrons. The van der Waals surface area contributed by atoms with Gasteiger partial charge >= 0.3 is 0 Å². The van der Waals surface area contributed by atoms with Gasteiger partial charge in [-0.3, -0.25) is 5.10 Å². The molecule has 3 nitrogen and oxygen atoms in total. The topological polar surface area (TPSA) is 40.7 Å². The van der Waals surface area contributed by atoms with Gasteiger partial charge in [-0.25, -0.2) is 0 Å². The first-order valence-electron chi connectivity index (χ1n) is 4.37. The predicted molar refractivity (Wildman–Crippen MR) is 59.9 cm³/mol. The van der Waals surface area contributed by atoms with Crippen LogP contribution in [0.1, 0.15) is 33.6 Å². The van der Waals surface area contributed by atoms with Crippen molar-refractivity contribution in [3.8, 4) is 0 Å². The van der Waals surface area contributed by atoms with Crippen molar-refractivity contribution < 1.29 is 0 Å². The molecule has 0 unspecified atom stereocenters. The first kappa shape index (κ1) is 10.7. The summed E-state index contributed by atoms with van der Waals surface area (Å²) in [6, 6.07) is 0. The molecular weight excluding hydrogens is 202 g/mol. The number of aromatic nitrogens is 2. The number of hydrogen-bond donors (Lipinski definition) is 2. The van der Waals surface area contributed by atoms with Crippen LogP contribution in [0.3, 0.4) is 0 Å². The van der Waals surface area contributed by atoms with Gasteiger partial charge in [0.05, 0.1) is 0 Å². The third-order valence-corrected chi connectivity index (χ3v) is 2.76. The van der Waals surface area contributed by atoms with Gasteiger partial charge in [-0.05, 0) is 32.5 Å². The maximum absolute atomic E-state index is 4.95. The highest BCUT2D eigenvalue weighted by Gasteiger charge is 2.17. The summed E-state index contributed by atoms with van der Waals surface area (Å²) in [6.45, 7) is 6.51. The van der Waals surface area contributed by atoms with Crippen molar-refractivity contribution in [2.75, 3.05) is 5.32 Å². The SMILES string of the molecule is CCCC(C)(C)Nc1n[nH]c(=S)s1. The van der Waals surface area contributed by atoms with E-state index in [1.54, 1.807) is 0 Å². The second-order valence-electron chi connectivity index (χ2n) is 3.68. The molecule has 5 heteroatoms. The van der Waals surface area contributed by atoms with Gasteiger partial charge in [0, 0.05) is 5.54 Å². The maximum atomic E-state index is 4.95. The maximum Gasteiger partial charge on any atom is 0.204 e. The molecule has 0 amide bonds. The van der Waals surface area contributed by atoms with E-state index < -0.39 is 0 Å². The quantitative estimate of drug-likeness (QED) is 0.761. The van der Waals surface area contributed by atoms with E-state index in [0.717, 1.165) is 21.9 Å². The Morgan fingerprint density at radius 1 is 1.62 bits per heavy atom. The zero-order valence-corrected chi connectivity index (χ0v) is 9.81. The van der Waals surface area contributed by atoms with Crippen LogP contribution in [0.5, 0.6) is 0 Å². The van der Waals surface area contributed by atoms with Crippen LogP contribution in [0.15, 0.2) is 0 Å². The highest BCUT2D eigenvalue weighted by atomic mass is 32.1. The molecule has 1 heterocycles. The van der Waals surface area contributed by atoms with Crippen LogP contribution in [0, 0.1) is 3.95 Å². The number of nitrogens with one attached hydrogen (secondary N) is 2. The smallest absolute Gasteiger partial charge is 0.204 e. The molecule has 0 fully saturated rings. The van der Waals surface area contributed by atoms with Crippen molar-refractivity contribution in [3.63, 3.8) is 0 Å². The highest BCUT2D eigenvalue weighted by molar-refractivity contribution is 7.73. The standard InChI is InChI=1S/C8H15N3S2/c1-4-5-8(2,3)9-6-10-11-7(12)13-6/h4-5H2,1-3H3,(H,9,10)(H,11,12). The molecule has 1 rings (SSSR count). The van der Waals surface area contributed by atoms with Crippen molar-refractivity contribution in [2.24, 2.45) is 0 Å². The normalized spacial score (nSPS) is 11.6. The molecule has 0 saturated heterocycles. The third-order valence-electron chi connectivity index (χ3n) is 1.76. The lowest BCUT2D eigenvalue weighted by Crippen LogP contribution is -2.30. The number of H-pyrrole nitrogens is 1. The van der Waals surface area contributed by atoms with Crippen LogP contribution >= 0.6 is 23.6 Å². The molecule has 0 aliphatic carbocycles. The molecule has 0 spiro atoms. The monoisotopic (exact) mass is 217 g/mol. The van der Waals surface area contributed by atoms with E-state index in [2.05, 4.69) is 36.3 Å². The van der Waals surface area contributed by atoms with Crippen LogP contribution in [-0.2, 0) is 0 Å². The Bertz CT molecular complexity index is 313. The van der Waals surface area contributed by atoms with Crippen LogP contribution in [-0.4, -0.2) is 15.7 Å². The van der Waals surface area contributed by atoms with Gasteiger partial charge in [0.1, 0.15) is 0 Å². The molecule has 1 aromatic rings. The van der Waals surface area contributed by atoms with Gasteiger partial charge < -0.3 is 5.32 Å². The molecule has 0 aromatic carbocycles. The molecule has 0 bridgehead atoms. The molecule has 0 atom stereocenters. The fraction of sp³-hybridized carbons (Fsp3) is 0.750. The summed E-state index contributed by atoms with van der Waals surface area (Å²) < 4.78 is 0.717. The predicted octanol–water partition coefficient (Wildman–Crippen LogP) is 3.19. The molecule has 13 heavy (non-hydrogen) atoms. The summed E-state index contributed by atoms with van der Waals surface area (Å²) >= 11 is 6.42. The van der Waals surface area contributed by atoms with Gasteiger partial charge in [0.15, 0.2) is 3.95 Å². The fourth-order valence-corrected chi connectivity index (χ4v) is 2.23. The Hall–Kier alpha value is -0.420. The summed E-state index contributed by atoms with van der Waals surface area (Å²) in [4.78, 5) is 0. The van der Waals surface area contributed by atoms with E-state index >= 15 is 0 Å². The Morgan fingerprint density at radius 2 is 2.31 bits per heavy atom. The van der Waals surface area contributed by atoms with Crippen molar-refractivity contribution in [3.05, 3.63) is 3.95 Å². The largest absolute Gasteiger partial charge is 0.355 e. The molecule has 0 radical (unpaired) electrons. The van der Waals surface area contributed by atoms with E-state index in [9.17, 15) is 0 Å². The van der Waals surface area contributed by atoms with Crippen LogP contribution < -0.4 is 5.32 Å². The van der Waals surface area contributed by atoms with Crippen LogP contribution in [0.2, 0.25) is 0 Å². The molecule has 2 N–H and O–H groups in total. The second kappa shape index (κ2) is 4.19. The first-order valence-corrected chi connectivity index (χ1v) is 5.59. The Balaban J connectivity index is 2.62. The Kier molecular flexibility index (Phi) is 3.44. The lowest BCUT2D eigenvalue weighted by atomic mass is 10.00. The fourth-order valence-electron chi connectivity index (χ4n) is 1.26. The minimum Gasteiger partial charge on any atom is -0.355 e. The molecule has 0 aliphatic rings. The van der Waals surface area contributed by atoms with Gasteiger partial charge in [0.2, 0.25) is 5.13 Å². The van der Waals surface area contributed by atoms with E-state index in [1.807, 2.05) is 0 Å². The highest BCUT2D eigenvalue weighted by Crippen LogP contribution is 2.20. The zero-order valence-electron chi connectivity index (χ0n) is 8.18. The lowest BCUT2D eigenvalue weighted by molar-refractivity contribution is 0.510. The number of hydrogen-bond acceptors (Lipinski definition) is 4. The Labute approximate surface area is 87.6 Å². The average molecular weight is 217 g/mol. The zero-order chi connectivity index (χ0) is 9.90. The lowest BCUT2D eigenvalue weighted by Gasteiger charge is -2.24. The van der Waals surface area contributed by atoms with Crippen molar-refractivity contribution in [1.29, 1.82) is 0 Å². The minimum atomic E-state index is 0.0994. The first-order chi connectivity index (χ1) is 6.03. The summed E-state index contributed by atoms with van der Waals surface area (Å²) in [7, 11) is 0. The second-order valence-corrected chi connectivity index (χ2v) is 5.34. The van der Waals surface area contributed by atoms with Crippen LogP contribution in [0.4, 0.5) is 5.13 Å². The van der Waals surface area contributed by atoms with Crippen molar-refractivity contribution in [2.45, 2.75) is 39.2 Å². The number of rotatable bonds is 4. The number of aromatic amines is 1. The van der Waals surface area contributed by atoms with E-state index in [-0.39, 0.29) is 5.54 Å². The van der Waals surface area contributed by atoms with Crippen molar-refractivity contribution >= 4 is 28.7 Å². The minimum absolute atomic E-state index is 0.0994. The van der Waals surface area contributed by atoms with Gasteiger partial charge in [0.25, 0.3) is 0 Å². The van der Waals surface area contributed by atoms with E-state index in [4.69, 9.17) is 12.2 Å². The van der Waals surface area contributed by atoms with Gasteiger partial charge in [-0.15, -0.1) is 5.10 Å². The number of nitrogens with zero attached hydrogens (tertiary/aromatic N) is 1. The van der Waals surface area contributed by atoms with E-state index in [1.165, 1.54) is 11.3 Å². The van der Waals surface area contributed by atoms with Gasteiger partial charge in [-0.2, -0.15) is 0 Å². The average Bonchev–Trinajstić information content (AvgIpc) is 2.34. The Morgan fingerprint density at radius 3 is 2.77 bits per heavy atom. The third kappa shape index (κ3) is 3.44. The molecule has 1 aromatic heterocycles. The summed E-state index contributed by atoms with van der Waals surface area (Å²) in [5.74, 6) is 0. The molecule has 0 aliphatic heterocycles. The van der Waals surface area contributed by atoms with Crippen molar-refractivity contribution in [1.82, 2.24) is 10.2 Å². The van der Waals surface area contributed by atoms with E-state index in [0.29, 0.717) is 0 Å².